The predicted octanol–water partition coefficient (Wildman–Crippen LogP) is 2.11. The van der Waals surface area contributed by atoms with Crippen LogP contribution in [-0.2, 0) is 9.59 Å². The van der Waals surface area contributed by atoms with Crippen LogP contribution >= 0.6 is 0 Å². The van der Waals surface area contributed by atoms with Gasteiger partial charge in [-0.25, -0.2) is 4.79 Å². The molecule has 38 heavy (non-hydrogen) atoms. The van der Waals surface area contributed by atoms with Gasteiger partial charge in [0.1, 0.15) is 0 Å². The predicted molar refractivity (Wildman–Crippen MR) is 131 cm³/mol. The van der Waals surface area contributed by atoms with Crippen molar-refractivity contribution in [2.24, 2.45) is 11.7 Å². The Morgan fingerprint density at radius 3 is 2.18 bits per heavy atom. The van der Waals surface area contributed by atoms with Crippen molar-refractivity contribution in [2.45, 2.75) is 75.2 Å². The lowest BCUT2D eigenvalue weighted by Gasteiger charge is -2.41. The summed E-state index contributed by atoms with van der Waals surface area (Å²) in [5.74, 6) is -2.54. The first-order valence-electron chi connectivity index (χ1n) is 12.9. The van der Waals surface area contributed by atoms with Gasteiger partial charge in [-0.15, -0.1) is 0 Å². The van der Waals surface area contributed by atoms with Gasteiger partial charge in [-0.1, -0.05) is 18.6 Å². The van der Waals surface area contributed by atoms with Crippen molar-refractivity contribution in [3.8, 4) is 0 Å². The molecule has 1 saturated carbocycles. The number of amides is 2. The zero-order valence-electron chi connectivity index (χ0n) is 21.1. The summed E-state index contributed by atoms with van der Waals surface area (Å²) in [6.07, 6.45) is 1.51. The molecule has 1 aromatic carbocycles. The van der Waals surface area contributed by atoms with Gasteiger partial charge in [0.2, 0.25) is 5.91 Å². The van der Waals surface area contributed by atoms with Crippen LogP contribution in [0.15, 0.2) is 24.3 Å². The van der Waals surface area contributed by atoms with Crippen molar-refractivity contribution >= 4 is 17.8 Å². The molecule has 2 saturated heterocycles. The molecule has 12 heteroatoms. The summed E-state index contributed by atoms with van der Waals surface area (Å²) in [5, 5.41) is 26.2. The SMILES string of the molecule is NC(=O)c1cccc(C2C[C@H]3CC[C@@H](C2)N3CCN(CC2CCC2)C(=O)[C@@H](O)CO)c1.O=C(O)C(F)(F)F. The number of aliphatic hydroxyl groups excluding tert-OH is 2. The molecule has 2 amide bonds. The fourth-order valence-corrected chi connectivity index (χ4v) is 5.66. The summed E-state index contributed by atoms with van der Waals surface area (Å²) >= 11 is 0. The van der Waals surface area contributed by atoms with Crippen molar-refractivity contribution in [1.82, 2.24) is 9.80 Å². The minimum Gasteiger partial charge on any atom is -0.475 e. The smallest absolute Gasteiger partial charge is 0.475 e. The van der Waals surface area contributed by atoms with Gasteiger partial charge in [-0.2, -0.15) is 13.2 Å². The van der Waals surface area contributed by atoms with E-state index in [1.54, 1.807) is 11.0 Å². The van der Waals surface area contributed by atoms with Crippen LogP contribution in [-0.4, -0.2) is 93.5 Å². The van der Waals surface area contributed by atoms with Crippen LogP contribution in [0.4, 0.5) is 13.2 Å². The van der Waals surface area contributed by atoms with Crippen LogP contribution in [0.2, 0.25) is 0 Å². The lowest BCUT2D eigenvalue weighted by molar-refractivity contribution is -0.192. The molecule has 0 spiro atoms. The average Bonchev–Trinajstić information content (AvgIpc) is 3.08. The highest BCUT2D eigenvalue weighted by Crippen LogP contribution is 2.43. The second kappa shape index (κ2) is 12.9. The maximum absolute atomic E-state index is 12.6. The molecular weight excluding hydrogens is 507 g/mol. The van der Waals surface area contributed by atoms with Crippen molar-refractivity contribution in [2.75, 3.05) is 26.2 Å². The topological polar surface area (TPSA) is 144 Å². The summed E-state index contributed by atoms with van der Waals surface area (Å²) in [5.41, 5.74) is 7.22. The molecule has 3 fully saturated rings. The summed E-state index contributed by atoms with van der Waals surface area (Å²) in [6, 6.07) is 8.68. The van der Waals surface area contributed by atoms with E-state index in [0.717, 1.165) is 45.1 Å². The summed E-state index contributed by atoms with van der Waals surface area (Å²) < 4.78 is 31.7. The number of fused-ring (bicyclic) bond motifs is 2. The van der Waals surface area contributed by atoms with Crippen molar-refractivity contribution in [1.29, 1.82) is 0 Å². The number of hydrogen-bond donors (Lipinski definition) is 4. The number of nitrogens with zero attached hydrogens (tertiary/aromatic N) is 2. The number of aliphatic carboxylic acids is 1. The summed E-state index contributed by atoms with van der Waals surface area (Å²) in [7, 11) is 0. The molecule has 5 N–H and O–H groups in total. The van der Waals surface area contributed by atoms with Gasteiger partial charge in [0.25, 0.3) is 5.91 Å². The van der Waals surface area contributed by atoms with Crippen molar-refractivity contribution in [3.63, 3.8) is 0 Å². The summed E-state index contributed by atoms with van der Waals surface area (Å²) in [4.78, 5) is 37.3. The van der Waals surface area contributed by atoms with Gasteiger partial charge in [0, 0.05) is 37.3 Å². The van der Waals surface area contributed by atoms with E-state index >= 15 is 0 Å². The van der Waals surface area contributed by atoms with Crippen LogP contribution < -0.4 is 5.73 Å². The average molecular weight is 544 g/mol. The molecule has 1 unspecified atom stereocenters. The molecular formula is C26H36F3N3O6. The number of carbonyl (C=O) groups excluding carboxylic acids is 2. The Morgan fingerprint density at radius 2 is 1.71 bits per heavy atom. The second-order valence-electron chi connectivity index (χ2n) is 10.4. The molecule has 0 aromatic heterocycles. The molecule has 4 atom stereocenters. The van der Waals surface area contributed by atoms with Gasteiger partial charge in [-0.05, 0) is 68.1 Å². The van der Waals surface area contributed by atoms with E-state index in [0.29, 0.717) is 42.6 Å². The normalized spacial score (nSPS) is 24.1. The standard InChI is InChI=1S/C24H35N3O4.C2HF3O2/c25-23(30)18-6-2-5-17(11-18)19-12-20-7-8-21(13-19)27(20)10-9-26(14-16-3-1-4-16)24(31)22(29)15-28;3-2(4,5)1(6)7/h2,5-6,11,16,19-22,28-29H,1,3-4,7-10,12-15H2,(H2,25,30);(H,6,7)/t19?,20-,21+,22-;/m0./s1. The van der Waals surface area contributed by atoms with E-state index in [9.17, 15) is 33.0 Å². The first-order valence-corrected chi connectivity index (χ1v) is 12.9. The van der Waals surface area contributed by atoms with Gasteiger partial charge >= 0.3 is 12.1 Å². The number of carboxylic acids is 1. The Kier molecular flexibility index (Phi) is 10.1. The third-order valence-electron chi connectivity index (χ3n) is 7.87. The number of piperidine rings is 1. The largest absolute Gasteiger partial charge is 0.490 e. The van der Waals surface area contributed by atoms with Crippen molar-refractivity contribution < 1.29 is 42.9 Å². The van der Waals surface area contributed by atoms with E-state index < -0.39 is 24.9 Å². The molecule has 212 valence electrons. The number of nitrogens with two attached hydrogens (primary N) is 1. The lowest BCUT2D eigenvalue weighted by atomic mass is 9.84. The highest BCUT2D eigenvalue weighted by Gasteiger charge is 2.41. The highest BCUT2D eigenvalue weighted by atomic mass is 19.4. The highest BCUT2D eigenvalue weighted by molar-refractivity contribution is 5.92. The number of carbonyl (C=O) groups is 3. The van der Waals surface area contributed by atoms with Gasteiger partial charge < -0.3 is 26.0 Å². The molecule has 1 aromatic rings. The van der Waals surface area contributed by atoms with E-state index in [-0.39, 0.29) is 11.8 Å². The molecule has 1 aliphatic carbocycles. The molecule has 2 heterocycles. The van der Waals surface area contributed by atoms with Crippen LogP contribution in [0, 0.1) is 5.92 Å². The number of hydrogen-bond acceptors (Lipinski definition) is 6. The van der Waals surface area contributed by atoms with E-state index in [1.807, 2.05) is 12.1 Å². The number of aliphatic hydroxyl groups is 2. The van der Waals surface area contributed by atoms with Gasteiger partial charge in [-0.3, -0.25) is 14.5 Å². The monoisotopic (exact) mass is 543 g/mol. The van der Waals surface area contributed by atoms with Crippen LogP contribution in [0.1, 0.15) is 66.8 Å². The fourth-order valence-electron chi connectivity index (χ4n) is 5.66. The maximum atomic E-state index is 12.6. The summed E-state index contributed by atoms with van der Waals surface area (Å²) in [6.45, 7) is 1.56. The lowest BCUT2D eigenvalue weighted by Crippen LogP contribution is -2.50. The Labute approximate surface area is 219 Å². The van der Waals surface area contributed by atoms with Crippen LogP contribution in [0.25, 0.3) is 0 Å². The fraction of sp³-hybridized carbons (Fsp3) is 0.654. The maximum Gasteiger partial charge on any atom is 0.490 e. The van der Waals surface area contributed by atoms with Gasteiger partial charge in [0.15, 0.2) is 6.10 Å². The Bertz CT molecular complexity index is 973. The minimum atomic E-state index is -5.08. The molecule has 3 aliphatic rings. The molecule has 9 nitrogen and oxygen atoms in total. The molecule has 2 bridgehead atoms. The number of carboxylic acid groups (broad SMARTS) is 1. The molecule has 2 aliphatic heterocycles. The number of rotatable bonds is 9. The first kappa shape index (κ1) is 29.9. The van der Waals surface area contributed by atoms with Crippen molar-refractivity contribution in [3.05, 3.63) is 35.4 Å². The zero-order chi connectivity index (χ0) is 28.0. The Balaban J connectivity index is 0.000000505. The van der Waals surface area contributed by atoms with E-state index in [4.69, 9.17) is 15.6 Å². The molecule has 0 radical (unpaired) electrons. The number of alkyl halides is 3. The third-order valence-corrected chi connectivity index (χ3v) is 7.87. The molecule has 4 rings (SSSR count). The quantitative estimate of drug-likeness (QED) is 0.373. The Morgan fingerprint density at radius 1 is 1.11 bits per heavy atom. The van der Waals surface area contributed by atoms with Gasteiger partial charge in [0.05, 0.1) is 6.61 Å². The number of primary amides is 1. The number of benzene rings is 1. The third kappa shape index (κ3) is 7.67. The zero-order valence-corrected chi connectivity index (χ0v) is 21.1. The van der Waals surface area contributed by atoms with Crippen LogP contribution in [0.5, 0.6) is 0 Å². The Hall–Kier alpha value is -2.70. The van der Waals surface area contributed by atoms with Crippen LogP contribution in [0.3, 0.4) is 0 Å². The number of halogens is 3. The minimum absolute atomic E-state index is 0.347. The van der Waals surface area contributed by atoms with E-state index in [2.05, 4.69) is 11.0 Å². The first-order chi connectivity index (χ1) is 17.9. The van der Waals surface area contributed by atoms with E-state index in [1.165, 1.54) is 12.0 Å². The second-order valence-corrected chi connectivity index (χ2v) is 10.4.